The summed E-state index contributed by atoms with van der Waals surface area (Å²) < 4.78 is 7.32. The SMILES string of the molecule is N=c1nc(N)nc2n1NC(CC1CCCCN1Cc1ccc(Cl)nc1)(c1ccco1)N2. The molecule has 5 N–H and O–H groups in total. The van der Waals surface area contributed by atoms with E-state index in [2.05, 4.69) is 30.6 Å². The van der Waals surface area contributed by atoms with E-state index in [1.54, 1.807) is 6.26 Å². The molecule has 0 bridgehead atoms. The fourth-order valence-corrected chi connectivity index (χ4v) is 4.58. The molecule has 0 saturated carbocycles. The number of anilines is 2. The fourth-order valence-electron chi connectivity index (χ4n) is 4.46. The molecule has 1 fully saturated rings. The highest BCUT2D eigenvalue weighted by molar-refractivity contribution is 6.29. The lowest BCUT2D eigenvalue weighted by atomic mass is 9.90. The van der Waals surface area contributed by atoms with Gasteiger partial charge in [0.25, 0.3) is 0 Å². The standard InChI is InChI=1S/C20H24ClN9O/c21-16-7-6-13(11-24-16)12-29-8-2-1-4-14(29)10-20(15-5-3-9-31-15)27-19-26-17(22)25-18(23)30(19)28-20/h3,5-7,9,11,14,28H,1-2,4,8,10,12H2,(H4,22,23,25,26,27). The summed E-state index contributed by atoms with van der Waals surface area (Å²) in [6.45, 7) is 1.79. The summed E-state index contributed by atoms with van der Waals surface area (Å²) in [5.41, 5.74) is 9.48. The van der Waals surface area contributed by atoms with E-state index < -0.39 is 5.66 Å². The number of piperidine rings is 1. The average Bonchev–Trinajstić information content (AvgIpc) is 3.40. The van der Waals surface area contributed by atoms with Crippen molar-refractivity contribution in [3.8, 4) is 0 Å². The lowest BCUT2D eigenvalue weighted by Gasteiger charge is -2.40. The molecular formula is C20H24ClN9O. The monoisotopic (exact) mass is 441 g/mol. The van der Waals surface area contributed by atoms with Crippen molar-refractivity contribution in [3.05, 3.63) is 58.8 Å². The molecule has 0 radical (unpaired) electrons. The number of hydrogen-bond donors (Lipinski definition) is 4. The molecule has 31 heavy (non-hydrogen) atoms. The second-order valence-corrected chi connectivity index (χ2v) is 8.38. The molecule has 5 rings (SSSR count). The van der Waals surface area contributed by atoms with Crippen molar-refractivity contribution in [2.45, 2.75) is 43.9 Å². The third-order valence-electron chi connectivity index (χ3n) is 5.90. The summed E-state index contributed by atoms with van der Waals surface area (Å²) in [5, 5.41) is 12.1. The maximum Gasteiger partial charge on any atom is 0.247 e. The van der Waals surface area contributed by atoms with Crippen LogP contribution >= 0.6 is 11.6 Å². The van der Waals surface area contributed by atoms with Crippen LogP contribution in [0.1, 0.15) is 37.0 Å². The molecule has 1 saturated heterocycles. The van der Waals surface area contributed by atoms with Crippen molar-refractivity contribution in [2.75, 3.05) is 23.0 Å². The molecule has 11 heteroatoms. The first-order chi connectivity index (χ1) is 15.0. The molecule has 3 aromatic rings. The third-order valence-corrected chi connectivity index (χ3v) is 6.12. The van der Waals surface area contributed by atoms with Gasteiger partial charge in [0, 0.05) is 25.2 Å². The van der Waals surface area contributed by atoms with E-state index in [1.807, 2.05) is 30.5 Å². The summed E-state index contributed by atoms with van der Waals surface area (Å²) >= 11 is 5.95. The van der Waals surface area contributed by atoms with E-state index in [1.165, 1.54) is 4.68 Å². The van der Waals surface area contributed by atoms with Crippen LogP contribution in [-0.4, -0.2) is 37.1 Å². The number of pyridine rings is 1. The maximum absolute atomic E-state index is 8.19. The number of aromatic nitrogens is 4. The van der Waals surface area contributed by atoms with E-state index in [9.17, 15) is 0 Å². The summed E-state index contributed by atoms with van der Waals surface area (Å²) in [6.07, 6.45) is 7.54. The normalized spacial score (nSPS) is 23.2. The number of hydrogen-bond acceptors (Lipinski definition) is 9. The summed E-state index contributed by atoms with van der Waals surface area (Å²) in [6, 6.07) is 7.89. The van der Waals surface area contributed by atoms with E-state index in [4.69, 9.17) is 27.2 Å². The number of nitrogens with two attached hydrogens (primary N) is 1. The Kier molecular flexibility index (Phi) is 5.03. The molecule has 2 aliphatic heterocycles. The van der Waals surface area contributed by atoms with Gasteiger partial charge in [-0.3, -0.25) is 15.7 Å². The Bertz CT molecular complexity index is 1110. The predicted molar refractivity (Wildman–Crippen MR) is 116 cm³/mol. The Balaban J connectivity index is 1.44. The van der Waals surface area contributed by atoms with Gasteiger partial charge in [0.05, 0.1) is 6.26 Å². The number of halogens is 1. The first-order valence-corrected chi connectivity index (χ1v) is 10.7. The molecular weight excluding hydrogens is 418 g/mol. The van der Waals surface area contributed by atoms with Crippen LogP contribution in [0.3, 0.4) is 0 Å². The molecule has 5 heterocycles. The van der Waals surface area contributed by atoms with Crippen molar-refractivity contribution in [2.24, 2.45) is 0 Å². The Morgan fingerprint density at radius 2 is 2.19 bits per heavy atom. The van der Waals surface area contributed by atoms with Gasteiger partial charge in [-0.2, -0.15) is 14.6 Å². The molecule has 0 aliphatic carbocycles. The molecule has 2 aliphatic rings. The summed E-state index contributed by atoms with van der Waals surface area (Å²) in [7, 11) is 0. The van der Waals surface area contributed by atoms with Gasteiger partial charge in [-0.05, 0) is 43.1 Å². The van der Waals surface area contributed by atoms with Crippen molar-refractivity contribution in [1.29, 1.82) is 5.41 Å². The Morgan fingerprint density at radius 1 is 1.29 bits per heavy atom. The van der Waals surface area contributed by atoms with Gasteiger partial charge in [-0.15, -0.1) is 0 Å². The Labute approximate surface area is 183 Å². The minimum atomic E-state index is -0.771. The van der Waals surface area contributed by atoms with Crippen molar-refractivity contribution >= 4 is 23.5 Å². The van der Waals surface area contributed by atoms with Crippen molar-refractivity contribution in [3.63, 3.8) is 0 Å². The van der Waals surface area contributed by atoms with Crippen molar-refractivity contribution < 1.29 is 4.42 Å². The first kappa shape index (κ1) is 19.8. The third kappa shape index (κ3) is 3.84. The second-order valence-electron chi connectivity index (χ2n) is 8.00. The van der Waals surface area contributed by atoms with Crippen LogP contribution in [0.4, 0.5) is 11.9 Å². The predicted octanol–water partition coefficient (Wildman–Crippen LogP) is 2.25. The molecule has 3 aromatic heterocycles. The van der Waals surface area contributed by atoms with E-state index in [0.717, 1.165) is 43.7 Å². The lowest BCUT2D eigenvalue weighted by Crippen LogP contribution is -2.50. The highest BCUT2D eigenvalue weighted by Crippen LogP contribution is 2.37. The molecule has 0 aromatic carbocycles. The summed E-state index contributed by atoms with van der Waals surface area (Å²) in [4.78, 5) is 14.9. The van der Waals surface area contributed by atoms with E-state index in [-0.39, 0.29) is 17.6 Å². The maximum atomic E-state index is 8.19. The van der Waals surface area contributed by atoms with Crippen LogP contribution in [0.15, 0.2) is 41.1 Å². The zero-order chi connectivity index (χ0) is 21.4. The number of likely N-dealkylation sites (tertiary alicyclic amines) is 1. The minimum absolute atomic E-state index is 0.0174. The van der Waals surface area contributed by atoms with Gasteiger partial charge in [0.2, 0.25) is 17.5 Å². The van der Waals surface area contributed by atoms with Gasteiger partial charge in [0.15, 0.2) is 11.4 Å². The highest BCUT2D eigenvalue weighted by atomic mass is 35.5. The van der Waals surface area contributed by atoms with Crippen LogP contribution in [0, 0.1) is 5.41 Å². The fraction of sp³-hybridized carbons (Fsp3) is 0.400. The first-order valence-electron chi connectivity index (χ1n) is 10.3. The topological polar surface area (TPSA) is 134 Å². The molecule has 0 amide bonds. The van der Waals surface area contributed by atoms with Crippen LogP contribution < -0.4 is 22.1 Å². The second kappa shape index (κ2) is 7.86. The Hall–Kier alpha value is -3.11. The average molecular weight is 442 g/mol. The molecule has 162 valence electrons. The van der Waals surface area contributed by atoms with Crippen LogP contribution in [0.2, 0.25) is 5.15 Å². The zero-order valence-electron chi connectivity index (χ0n) is 16.9. The van der Waals surface area contributed by atoms with Crippen LogP contribution in [0.5, 0.6) is 0 Å². The van der Waals surface area contributed by atoms with Gasteiger partial charge < -0.3 is 15.5 Å². The number of nitrogens with zero attached hydrogens (tertiary/aromatic N) is 5. The van der Waals surface area contributed by atoms with Gasteiger partial charge in [0.1, 0.15) is 5.15 Å². The number of rotatable bonds is 5. The number of furan rings is 1. The molecule has 10 nitrogen and oxygen atoms in total. The molecule has 0 spiro atoms. The molecule has 2 atom stereocenters. The quantitative estimate of drug-likeness (QED) is 0.443. The largest absolute Gasteiger partial charge is 0.465 e. The lowest BCUT2D eigenvalue weighted by molar-refractivity contribution is 0.113. The number of nitrogen functional groups attached to an aromatic ring is 1. The Morgan fingerprint density at radius 3 is 2.97 bits per heavy atom. The summed E-state index contributed by atoms with van der Waals surface area (Å²) in [5.74, 6) is 1.21. The van der Waals surface area contributed by atoms with Gasteiger partial charge >= 0.3 is 0 Å². The molecule has 2 unspecified atom stereocenters. The van der Waals surface area contributed by atoms with E-state index >= 15 is 0 Å². The smallest absolute Gasteiger partial charge is 0.247 e. The van der Waals surface area contributed by atoms with Gasteiger partial charge in [-0.25, -0.2) is 4.98 Å². The van der Waals surface area contributed by atoms with E-state index in [0.29, 0.717) is 17.5 Å². The van der Waals surface area contributed by atoms with Gasteiger partial charge in [-0.1, -0.05) is 24.1 Å². The van der Waals surface area contributed by atoms with Crippen molar-refractivity contribution in [1.82, 2.24) is 24.5 Å². The van der Waals surface area contributed by atoms with Crippen LogP contribution in [0.25, 0.3) is 0 Å². The highest BCUT2D eigenvalue weighted by Gasteiger charge is 2.45. The zero-order valence-corrected chi connectivity index (χ0v) is 17.6. The number of nitrogens with one attached hydrogen (secondary N) is 3. The van der Waals surface area contributed by atoms with Crippen LogP contribution in [-0.2, 0) is 12.2 Å². The number of fused-ring (bicyclic) bond motifs is 1. The minimum Gasteiger partial charge on any atom is -0.465 e.